The molecule has 2 rings (SSSR count). The molecule has 1 atom stereocenters. The Balaban J connectivity index is 1.89. The first-order valence-corrected chi connectivity index (χ1v) is 8.10. The number of hydrogen-bond acceptors (Lipinski definition) is 6. The maximum Gasteiger partial charge on any atom is 0.326 e. The fraction of sp³-hybridized carbons (Fsp3) is 0.353. The van der Waals surface area contributed by atoms with Crippen molar-refractivity contribution in [1.82, 2.24) is 5.32 Å². The van der Waals surface area contributed by atoms with Crippen LogP contribution >= 0.6 is 0 Å². The summed E-state index contributed by atoms with van der Waals surface area (Å²) in [6.45, 7) is -0.104. The van der Waals surface area contributed by atoms with Crippen LogP contribution in [0.3, 0.4) is 0 Å². The van der Waals surface area contributed by atoms with Gasteiger partial charge in [0.15, 0.2) is 12.4 Å². The van der Waals surface area contributed by atoms with Gasteiger partial charge in [-0.25, -0.2) is 4.79 Å². The van der Waals surface area contributed by atoms with E-state index in [2.05, 4.69) is 10.6 Å². The van der Waals surface area contributed by atoms with Crippen LogP contribution in [0.25, 0.3) is 0 Å². The van der Waals surface area contributed by atoms with Crippen LogP contribution in [0, 0.1) is 0 Å². The number of anilines is 1. The third kappa shape index (κ3) is 5.80. The number of nitrogens with one attached hydrogen (secondary N) is 2. The molecule has 1 aromatic rings. The molecule has 10 nitrogen and oxygen atoms in total. The molecule has 144 valence electrons. The number of carboxylic acids is 2. The van der Waals surface area contributed by atoms with Crippen LogP contribution in [-0.2, 0) is 19.2 Å². The summed E-state index contributed by atoms with van der Waals surface area (Å²) < 4.78 is 5.19. The minimum Gasteiger partial charge on any atom is -0.482 e. The number of hydrogen-bond donors (Lipinski definition) is 4. The minimum atomic E-state index is -1.35. The van der Waals surface area contributed by atoms with Crippen molar-refractivity contribution in [2.75, 3.05) is 11.9 Å². The summed E-state index contributed by atoms with van der Waals surface area (Å²) in [5.41, 5.74) is 0.633. The fourth-order valence-corrected chi connectivity index (χ4v) is 2.42. The molecule has 0 aromatic heterocycles. The molecular formula is C17H18N2O8. The van der Waals surface area contributed by atoms with Crippen LogP contribution in [0.4, 0.5) is 5.69 Å². The molecule has 10 heteroatoms. The van der Waals surface area contributed by atoms with Gasteiger partial charge >= 0.3 is 11.9 Å². The van der Waals surface area contributed by atoms with Gasteiger partial charge in [-0.15, -0.1) is 0 Å². The van der Waals surface area contributed by atoms with Gasteiger partial charge in [0.1, 0.15) is 11.8 Å². The Bertz CT molecular complexity index is 789. The maximum atomic E-state index is 12.2. The zero-order valence-corrected chi connectivity index (χ0v) is 14.2. The Morgan fingerprint density at radius 2 is 1.89 bits per heavy atom. The van der Waals surface area contributed by atoms with Gasteiger partial charge < -0.3 is 25.6 Å². The van der Waals surface area contributed by atoms with Crippen LogP contribution in [0.15, 0.2) is 18.2 Å². The number of Topliss-reactive ketones (excluding diaryl/α,β-unsaturated/α-hetero) is 1. The Hall–Kier alpha value is -3.43. The maximum absolute atomic E-state index is 12.2. The van der Waals surface area contributed by atoms with Crippen molar-refractivity contribution in [3.8, 4) is 5.75 Å². The molecule has 0 bridgehead atoms. The van der Waals surface area contributed by atoms with Crippen molar-refractivity contribution in [2.45, 2.75) is 31.7 Å². The topological polar surface area (TPSA) is 159 Å². The monoisotopic (exact) mass is 378 g/mol. The lowest BCUT2D eigenvalue weighted by molar-refractivity contribution is -0.143. The molecule has 1 aliphatic heterocycles. The largest absolute Gasteiger partial charge is 0.482 e. The summed E-state index contributed by atoms with van der Waals surface area (Å²) in [4.78, 5) is 57.0. The molecule has 0 saturated heterocycles. The molecule has 27 heavy (non-hydrogen) atoms. The number of aliphatic carboxylic acids is 2. The molecule has 2 amide bonds. The second-order valence-corrected chi connectivity index (χ2v) is 5.86. The SMILES string of the molecule is O=C(O)CCC(NC(=O)CCC(=O)c1ccc2c(c1)NC(=O)CO2)C(=O)O. The number of carboxylic acid groups (broad SMARTS) is 2. The van der Waals surface area contributed by atoms with Crippen LogP contribution in [0.2, 0.25) is 0 Å². The van der Waals surface area contributed by atoms with Crippen molar-refractivity contribution >= 4 is 35.2 Å². The highest BCUT2D eigenvalue weighted by molar-refractivity contribution is 6.01. The van der Waals surface area contributed by atoms with Crippen molar-refractivity contribution in [3.05, 3.63) is 23.8 Å². The van der Waals surface area contributed by atoms with E-state index in [1.807, 2.05) is 0 Å². The number of carbonyl (C=O) groups is 5. The summed E-state index contributed by atoms with van der Waals surface area (Å²) in [7, 11) is 0. The predicted octanol–water partition coefficient (Wildman–Crippen LogP) is 0.415. The van der Waals surface area contributed by atoms with E-state index >= 15 is 0 Å². The van der Waals surface area contributed by atoms with Crippen LogP contribution < -0.4 is 15.4 Å². The summed E-state index contributed by atoms with van der Waals surface area (Å²) in [6, 6.07) is 3.15. The Morgan fingerprint density at radius 3 is 2.56 bits per heavy atom. The first-order chi connectivity index (χ1) is 12.8. The van der Waals surface area contributed by atoms with E-state index in [0.29, 0.717) is 11.4 Å². The number of carbonyl (C=O) groups excluding carboxylic acids is 3. The van der Waals surface area contributed by atoms with Gasteiger partial charge in [-0.3, -0.25) is 19.2 Å². The van der Waals surface area contributed by atoms with Gasteiger partial charge in [0.2, 0.25) is 5.91 Å². The minimum absolute atomic E-state index is 0.104. The molecule has 1 unspecified atom stereocenters. The van der Waals surface area contributed by atoms with Gasteiger partial charge in [-0.1, -0.05) is 0 Å². The van der Waals surface area contributed by atoms with Gasteiger partial charge in [0.05, 0.1) is 5.69 Å². The first kappa shape index (κ1) is 19.9. The third-order valence-electron chi connectivity index (χ3n) is 3.79. The van der Waals surface area contributed by atoms with Crippen LogP contribution in [0.1, 0.15) is 36.0 Å². The molecule has 0 saturated carbocycles. The predicted molar refractivity (Wildman–Crippen MR) is 90.6 cm³/mol. The zero-order valence-electron chi connectivity index (χ0n) is 14.2. The summed E-state index contributed by atoms with van der Waals surface area (Å²) in [5.74, 6) is -3.46. The molecule has 1 heterocycles. The lowest BCUT2D eigenvalue weighted by Gasteiger charge is -2.18. The van der Waals surface area contributed by atoms with Crippen molar-refractivity contribution in [3.63, 3.8) is 0 Å². The Labute approximate surface area is 153 Å². The van der Waals surface area contributed by atoms with Gasteiger partial charge in [0.25, 0.3) is 5.91 Å². The first-order valence-electron chi connectivity index (χ1n) is 8.10. The average molecular weight is 378 g/mol. The highest BCUT2D eigenvalue weighted by atomic mass is 16.5. The zero-order chi connectivity index (χ0) is 20.0. The van der Waals surface area contributed by atoms with Gasteiger partial charge in [-0.05, 0) is 24.6 Å². The normalized spacial score (nSPS) is 13.6. The lowest BCUT2D eigenvalue weighted by Crippen LogP contribution is -2.41. The number of benzene rings is 1. The highest BCUT2D eigenvalue weighted by Gasteiger charge is 2.22. The lowest BCUT2D eigenvalue weighted by atomic mass is 10.0. The third-order valence-corrected chi connectivity index (χ3v) is 3.79. The molecular weight excluding hydrogens is 360 g/mol. The van der Waals surface area contributed by atoms with Crippen molar-refractivity contribution in [2.24, 2.45) is 0 Å². The average Bonchev–Trinajstić information content (AvgIpc) is 2.62. The number of rotatable bonds is 9. The van der Waals surface area contributed by atoms with Gasteiger partial charge in [-0.2, -0.15) is 0 Å². The summed E-state index contributed by atoms with van der Waals surface area (Å²) in [6.07, 6.45) is -1.09. The molecule has 0 fully saturated rings. The van der Waals surface area contributed by atoms with E-state index in [9.17, 15) is 24.0 Å². The molecule has 0 aliphatic carbocycles. The molecule has 1 aromatic carbocycles. The second-order valence-electron chi connectivity index (χ2n) is 5.86. The number of fused-ring (bicyclic) bond motifs is 1. The van der Waals surface area contributed by atoms with E-state index < -0.39 is 30.3 Å². The quantitative estimate of drug-likeness (QED) is 0.450. The van der Waals surface area contributed by atoms with E-state index in [1.54, 1.807) is 0 Å². The Morgan fingerprint density at radius 1 is 1.15 bits per heavy atom. The molecule has 1 aliphatic rings. The second kappa shape index (κ2) is 8.79. The standard InChI is InChI=1S/C17H18N2O8/c20-12(9-1-4-13-11(7-9)19-15(22)8-27-13)3-5-14(21)18-10(17(25)26)2-6-16(23)24/h1,4,7,10H,2-3,5-6,8H2,(H,18,21)(H,19,22)(H,23,24)(H,25,26). The Kier molecular flexibility index (Phi) is 6.47. The van der Waals surface area contributed by atoms with E-state index in [4.69, 9.17) is 14.9 Å². The van der Waals surface area contributed by atoms with E-state index in [1.165, 1.54) is 18.2 Å². The number of ether oxygens (including phenoxy) is 1. The van der Waals surface area contributed by atoms with Gasteiger partial charge in [0, 0.05) is 24.8 Å². The molecule has 4 N–H and O–H groups in total. The van der Waals surface area contributed by atoms with E-state index in [0.717, 1.165) is 0 Å². The van der Waals surface area contributed by atoms with Crippen molar-refractivity contribution in [1.29, 1.82) is 0 Å². The van der Waals surface area contributed by atoms with Crippen LogP contribution in [0.5, 0.6) is 5.75 Å². The number of ketones is 1. The summed E-state index contributed by atoms with van der Waals surface area (Å²) >= 11 is 0. The number of amides is 2. The van der Waals surface area contributed by atoms with E-state index in [-0.39, 0.29) is 43.1 Å². The van der Waals surface area contributed by atoms with Crippen molar-refractivity contribution < 1.29 is 38.9 Å². The molecule has 0 radical (unpaired) electrons. The molecule has 0 spiro atoms. The summed E-state index contributed by atoms with van der Waals surface area (Å²) in [5, 5.41) is 22.4. The smallest absolute Gasteiger partial charge is 0.326 e. The van der Waals surface area contributed by atoms with Crippen LogP contribution in [-0.4, -0.2) is 52.4 Å². The fourth-order valence-electron chi connectivity index (χ4n) is 2.42. The highest BCUT2D eigenvalue weighted by Crippen LogP contribution is 2.28.